The molecule has 0 aliphatic carbocycles. The summed E-state index contributed by atoms with van der Waals surface area (Å²) in [5, 5.41) is 22.7. The van der Waals surface area contributed by atoms with Crippen LogP contribution >= 0.6 is 11.3 Å². The zero-order chi connectivity index (χ0) is 30.9. The minimum absolute atomic E-state index is 0.00744. The molecule has 3 N–H and O–H groups in total. The number of hydrogen-bond donors (Lipinski definition) is 3. The fourth-order valence-corrected chi connectivity index (χ4v) is 5.97. The van der Waals surface area contributed by atoms with Crippen molar-refractivity contribution in [2.24, 2.45) is 0 Å². The average molecular weight is 612 g/mol. The van der Waals surface area contributed by atoms with Gasteiger partial charge in [-0.1, -0.05) is 23.5 Å². The van der Waals surface area contributed by atoms with Gasteiger partial charge in [0.05, 0.1) is 25.5 Å². The first kappa shape index (κ1) is 32.1. The molecule has 3 aromatic rings. The number of aromatic nitrogens is 3. The van der Waals surface area contributed by atoms with Crippen molar-refractivity contribution in [1.82, 2.24) is 19.9 Å². The lowest BCUT2D eigenvalue weighted by Crippen LogP contribution is -2.34. The van der Waals surface area contributed by atoms with Crippen LogP contribution in [0.2, 0.25) is 0 Å². The number of anilines is 4. The summed E-state index contributed by atoms with van der Waals surface area (Å²) >= 11 is 1.19. The van der Waals surface area contributed by atoms with Gasteiger partial charge in [0.25, 0.3) is 5.91 Å². The molecule has 0 saturated carbocycles. The first-order valence-corrected chi connectivity index (χ1v) is 15.6. The molecule has 13 heteroatoms. The first-order chi connectivity index (χ1) is 20.8. The maximum Gasteiger partial charge on any atom is 0.350 e. The molecule has 1 amide bonds. The number of aliphatic hydroxyl groups excluding tert-OH is 2. The fraction of sp³-hybridized carbons (Fsp3) is 0.500. The van der Waals surface area contributed by atoms with E-state index >= 15 is 0 Å². The monoisotopic (exact) mass is 611 g/mol. The third-order valence-electron chi connectivity index (χ3n) is 7.26. The molecule has 0 saturated heterocycles. The van der Waals surface area contributed by atoms with Crippen molar-refractivity contribution in [3.05, 3.63) is 51.5 Å². The number of amides is 1. The van der Waals surface area contributed by atoms with Gasteiger partial charge >= 0.3 is 5.97 Å². The van der Waals surface area contributed by atoms with E-state index in [0.717, 1.165) is 42.1 Å². The highest BCUT2D eigenvalue weighted by molar-refractivity contribution is 7.17. The number of rotatable bonds is 14. The molecule has 232 valence electrons. The SMILES string of the molecule is CCOC(=O)c1sc(Nc2nc(N(CC)CCO)c3c(n2)N(Cc2ccc(C(=O)N(CC)CCO)cc2)CCC3)nc1C. The molecule has 1 aliphatic heterocycles. The van der Waals surface area contributed by atoms with Crippen molar-refractivity contribution < 1.29 is 24.5 Å². The van der Waals surface area contributed by atoms with Gasteiger partial charge in [-0.2, -0.15) is 9.97 Å². The molecular weight excluding hydrogens is 570 g/mol. The highest BCUT2D eigenvalue weighted by Gasteiger charge is 2.27. The van der Waals surface area contributed by atoms with Crippen molar-refractivity contribution in [1.29, 1.82) is 0 Å². The molecule has 0 bridgehead atoms. The van der Waals surface area contributed by atoms with Crippen LogP contribution in [0.5, 0.6) is 0 Å². The Bertz CT molecular complexity index is 1400. The molecule has 4 rings (SSSR count). The maximum atomic E-state index is 12.8. The first-order valence-electron chi connectivity index (χ1n) is 14.8. The summed E-state index contributed by atoms with van der Waals surface area (Å²) in [5.41, 5.74) is 3.20. The number of fused-ring (bicyclic) bond motifs is 1. The van der Waals surface area contributed by atoms with Gasteiger partial charge in [-0.3, -0.25) is 10.1 Å². The van der Waals surface area contributed by atoms with Crippen LogP contribution in [0.4, 0.5) is 22.7 Å². The van der Waals surface area contributed by atoms with E-state index in [1.54, 1.807) is 18.7 Å². The van der Waals surface area contributed by atoms with E-state index < -0.39 is 5.97 Å². The van der Waals surface area contributed by atoms with Gasteiger partial charge in [0.15, 0.2) is 5.13 Å². The lowest BCUT2D eigenvalue weighted by molar-refractivity contribution is 0.0530. The number of esters is 1. The number of benzene rings is 1. The second-order valence-corrected chi connectivity index (χ2v) is 11.1. The Balaban J connectivity index is 1.65. The van der Waals surface area contributed by atoms with E-state index in [1.807, 2.05) is 43.0 Å². The zero-order valence-electron chi connectivity index (χ0n) is 25.3. The van der Waals surface area contributed by atoms with E-state index in [2.05, 4.69) is 15.2 Å². The molecule has 0 spiro atoms. The third-order valence-corrected chi connectivity index (χ3v) is 8.31. The van der Waals surface area contributed by atoms with Crippen molar-refractivity contribution in [3.63, 3.8) is 0 Å². The predicted octanol–water partition coefficient (Wildman–Crippen LogP) is 3.39. The summed E-state index contributed by atoms with van der Waals surface area (Å²) in [7, 11) is 0. The van der Waals surface area contributed by atoms with Crippen molar-refractivity contribution in [2.45, 2.75) is 47.1 Å². The molecule has 0 unspecified atom stereocenters. The maximum absolute atomic E-state index is 12.8. The Hall–Kier alpha value is -3.81. The van der Waals surface area contributed by atoms with Crippen LogP contribution in [0.1, 0.15) is 64.0 Å². The molecular formula is C30H41N7O5S. The van der Waals surface area contributed by atoms with Gasteiger partial charge in [0.1, 0.15) is 16.5 Å². The van der Waals surface area contributed by atoms with E-state index in [1.165, 1.54) is 11.3 Å². The Labute approximate surface area is 256 Å². The standard InChI is InChI=1S/C30H41N7O5S/c1-5-35(15-17-38)25-23-9-8-14-37(19-21-10-12-22(13-11-21)27(40)36(6-2)16-18-39)26(23)33-29(32-25)34-30-31-20(4)24(43-30)28(41)42-7-3/h10-13,38-39H,5-9,14-19H2,1-4H3,(H,31,32,33,34). The molecule has 12 nitrogen and oxygen atoms in total. The van der Waals surface area contributed by atoms with Gasteiger partial charge < -0.3 is 29.6 Å². The van der Waals surface area contributed by atoms with E-state index in [0.29, 0.717) is 59.9 Å². The Morgan fingerprint density at radius 2 is 1.79 bits per heavy atom. The van der Waals surface area contributed by atoms with Crippen LogP contribution in [0.15, 0.2) is 24.3 Å². The summed E-state index contributed by atoms with van der Waals surface area (Å²) < 4.78 is 5.16. The van der Waals surface area contributed by atoms with Crippen molar-refractivity contribution in [2.75, 3.05) is 67.7 Å². The van der Waals surface area contributed by atoms with E-state index in [4.69, 9.17) is 14.7 Å². The quantitative estimate of drug-likeness (QED) is 0.231. The minimum atomic E-state index is -0.410. The number of carbonyl (C=O) groups excluding carboxylic acids is 2. The van der Waals surface area contributed by atoms with Crippen LogP contribution in [-0.4, -0.2) is 94.5 Å². The van der Waals surface area contributed by atoms with Crippen LogP contribution in [0.3, 0.4) is 0 Å². The molecule has 1 aromatic carbocycles. The second-order valence-electron chi connectivity index (χ2n) is 10.1. The summed E-state index contributed by atoms with van der Waals surface area (Å²) in [5.74, 6) is 1.40. The number of carbonyl (C=O) groups is 2. The number of likely N-dealkylation sites (N-methyl/N-ethyl adjacent to an activating group) is 2. The number of nitrogens with one attached hydrogen (secondary N) is 1. The summed E-state index contributed by atoms with van der Waals surface area (Å²) in [4.78, 5) is 45.8. The molecule has 0 fully saturated rings. The Morgan fingerprint density at radius 3 is 2.44 bits per heavy atom. The smallest absolute Gasteiger partial charge is 0.350 e. The third kappa shape index (κ3) is 7.59. The van der Waals surface area contributed by atoms with Gasteiger partial charge in [-0.15, -0.1) is 0 Å². The average Bonchev–Trinajstić information content (AvgIpc) is 3.38. The molecule has 0 atom stereocenters. The van der Waals surface area contributed by atoms with Gasteiger partial charge in [-0.25, -0.2) is 9.78 Å². The lowest BCUT2D eigenvalue weighted by Gasteiger charge is -2.34. The Morgan fingerprint density at radius 1 is 1.05 bits per heavy atom. The van der Waals surface area contributed by atoms with E-state index in [9.17, 15) is 19.8 Å². The number of nitrogens with zero attached hydrogens (tertiary/aromatic N) is 6. The fourth-order valence-electron chi connectivity index (χ4n) is 5.12. The van der Waals surface area contributed by atoms with Gasteiger partial charge in [-0.05, 0) is 58.2 Å². The number of aliphatic hydroxyl groups is 2. The van der Waals surface area contributed by atoms with Crippen LogP contribution < -0.4 is 15.1 Å². The van der Waals surface area contributed by atoms with Crippen LogP contribution in [0, 0.1) is 6.92 Å². The Kier molecular flexibility index (Phi) is 11.3. The van der Waals surface area contributed by atoms with E-state index in [-0.39, 0.29) is 25.7 Å². The van der Waals surface area contributed by atoms with Crippen molar-refractivity contribution >= 4 is 45.9 Å². The number of ether oxygens (including phenoxy) is 1. The molecule has 0 radical (unpaired) electrons. The highest BCUT2D eigenvalue weighted by atomic mass is 32.1. The lowest BCUT2D eigenvalue weighted by atomic mass is 10.0. The predicted molar refractivity (Wildman–Crippen MR) is 168 cm³/mol. The van der Waals surface area contributed by atoms with Crippen LogP contribution in [-0.2, 0) is 17.7 Å². The largest absolute Gasteiger partial charge is 0.462 e. The van der Waals surface area contributed by atoms with Crippen LogP contribution in [0.25, 0.3) is 0 Å². The topological polar surface area (TPSA) is 144 Å². The summed E-state index contributed by atoms with van der Waals surface area (Å²) in [6, 6.07) is 7.56. The normalized spacial score (nSPS) is 12.6. The highest BCUT2D eigenvalue weighted by Crippen LogP contribution is 2.35. The number of thiazole rings is 1. The second kappa shape index (κ2) is 15.1. The molecule has 3 heterocycles. The zero-order valence-corrected chi connectivity index (χ0v) is 26.1. The van der Waals surface area contributed by atoms with Gasteiger partial charge in [0.2, 0.25) is 5.95 Å². The molecule has 43 heavy (non-hydrogen) atoms. The number of hydrogen-bond acceptors (Lipinski definition) is 12. The number of aryl methyl sites for hydroxylation is 1. The summed E-state index contributed by atoms with van der Waals surface area (Å²) in [6.45, 7) is 10.9. The summed E-state index contributed by atoms with van der Waals surface area (Å²) in [6.07, 6.45) is 1.72. The molecule has 2 aromatic heterocycles. The minimum Gasteiger partial charge on any atom is -0.462 e. The molecule has 1 aliphatic rings. The van der Waals surface area contributed by atoms with Crippen molar-refractivity contribution in [3.8, 4) is 0 Å². The van der Waals surface area contributed by atoms with Gasteiger partial charge in [0, 0.05) is 50.4 Å².